The van der Waals surface area contributed by atoms with Crippen LogP contribution in [-0.2, 0) is 0 Å². The summed E-state index contributed by atoms with van der Waals surface area (Å²) in [7, 11) is 0. The first-order valence-corrected chi connectivity index (χ1v) is 10.9. The van der Waals surface area contributed by atoms with Crippen LogP contribution in [-0.4, -0.2) is 36.2 Å². The Morgan fingerprint density at radius 1 is 1.06 bits per heavy atom. The minimum absolute atomic E-state index is 0.188. The smallest absolute Gasteiger partial charge is 0.335 e. The first kappa shape index (κ1) is 22.1. The molecule has 1 unspecified atom stereocenters. The lowest BCUT2D eigenvalue weighted by atomic mass is 9.94. The van der Waals surface area contributed by atoms with Crippen molar-refractivity contribution in [3.8, 4) is 0 Å². The Bertz CT molecular complexity index is 1340. The molecule has 34 heavy (non-hydrogen) atoms. The summed E-state index contributed by atoms with van der Waals surface area (Å²) < 4.78 is 29.3. The van der Waals surface area contributed by atoms with Gasteiger partial charge < -0.3 is 15.7 Å². The van der Waals surface area contributed by atoms with Gasteiger partial charge >= 0.3 is 5.97 Å². The predicted octanol–water partition coefficient (Wildman–Crippen LogP) is 4.47. The number of hydrogen-bond donors (Lipinski definition) is 4. The number of carboxylic acids is 1. The van der Waals surface area contributed by atoms with E-state index in [4.69, 9.17) is 16.7 Å². The lowest BCUT2D eigenvalue weighted by Crippen LogP contribution is -2.52. The topological polar surface area (TPSA) is 85.8 Å². The normalized spacial score (nSPS) is 17.1. The fourth-order valence-corrected chi connectivity index (χ4v) is 4.28. The zero-order valence-corrected chi connectivity index (χ0v) is 18.5. The molecular formula is C25H19ClF2N4O2. The molecule has 0 amide bonds. The van der Waals surface area contributed by atoms with Crippen molar-refractivity contribution in [3.05, 3.63) is 105 Å². The lowest BCUT2D eigenvalue weighted by molar-refractivity contribution is 0.0697. The maximum absolute atomic E-state index is 14.7. The van der Waals surface area contributed by atoms with Crippen LogP contribution in [0, 0.1) is 11.6 Å². The van der Waals surface area contributed by atoms with E-state index in [0.29, 0.717) is 17.1 Å². The molecule has 3 aromatic rings. The average Bonchev–Trinajstić information content (AvgIpc) is 2.96. The number of nitrogens with one attached hydrogen (secondary N) is 3. The summed E-state index contributed by atoms with van der Waals surface area (Å²) in [6.45, 7) is 0.719. The fourth-order valence-electron chi connectivity index (χ4n) is 4.10. The molecular weight excluding hydrogens is 462 g/mol. The van der Waals surface area contributed by atoms with Crippen LogP contribution in [0.5, 0.6) is 0 Å². The summed E-state index contributed by atoms with van der Waals surface area (Å²) in [6, 6.07) is 15.3. The number of carbonyl (C=O) groups is 1. The number of halogens is 3. The monoisotopic (exact) mass is 480 g/mol. The summed E-state index contributed by atoms with van der Waals surface area (Å²) in [6.07, 6.45) is -0.385. The van der Waals surface area contributed by atoms with Gasteiger partial charge in [0, 0.05) is 34.1 Å². The predicted molar refractivity (Wildman–Crippen MR) is 127 cm³/mol. The molecule has 0 radical (unpaired) electrons. The quantitative estimate of drug-likeness (QED) is 0.443. The maximum Gasteiger partial charge on any atom is 0.335 e. The fraction of sp³-hybridized carbons (Fsp3) is 0.120. The van der Waals surface area contributed by atoms with Crippen LogP contribution in [0.4, 0.5) is 14.5 Å². The molecule has 0 spiro atoms. The SMILES string of the molecule is O=C(O)c1ccc(NC2NCC3=C(N2)c2ccc(Cl)cc2C(c2c(F)cccc2F)=NC3)cc1. The molecule has 2 aliphatic heterocycles. The number of aliphatic imine (C=N–C) groups is 1. The van der Waals surface area contributed by atoms with Gasteiger partial charge in [-0.2, -0.15) is 0 Å². The van der Waals surface area contributed by atoms with Crippen molar-refractivity contribution in [2.75, 3.05) is 18.4 Å². The van der Waals surface area contributed by atoms with Crippen LogP contribution >= 0.6 is 11.6 Å². The molecule has 172 valence electrons. The van der Waals surface area contributed by atoms with E-state index in [-0.39, 0.29) is 29.7 Å². The molecule has 0 fully saturated rings. The Balaban J connectivity index is 1.49. The highest BCUT2D eigenvalue weighted by Gasteiger charge is 2.28. The third-order valence-electron chi connectivity index (χ3n) is 5.74. The summed E-state index contributed by atoms with van der Waals surface area (Å²) in [4.78, 5) is 15.7. The van der Waals surface area contributed by atoms with E-state index in [2.05, 4.69) is 20.9 Å². The molecule has 3 aromatic carbocycles. The second kappa shape index (κ2) is 8.89. The first-order chi connectivity index (χ1) is 16.4. The van der Waals surface area contributed by atoms with Crippen molar-refractivity contribution in [2.45, 2.75) is 6.29 Å². The number of carboxylic acid groups (broad SMARTS) is 1. The molecule has 0 aromatic heterocycles. The van der Waals surface area contributed by atoms with Gasteiger partial charge in [0.15, 0.2) is 6.29 Å². The van der Waals surface area contributed by atoms with Crippen LogP contribution < -0.4 is 16.0 Å². The van der Waals surface area contributed by atoms with Gasteiger partial charge in [-0.05, 0) is 54.1 Å². The van der Waals surface area contributed by atoms with Gasteiger partial charge in [-0.3, -0.25) is 10.3 Å². The Morgan fingerprint density at radius 2 is 1.79 bits per heavy atom. The highest BCUT2D eigenvalue weighted by Crippen LogP contribution is 2.32. The van der Waals surface area contributed by atoms with Crippen LogP contribution in [0.3, 0.4) is 0 Å². The third-order valence-corrected chi connectivity index (χ3v) is 5.97. The second-order valence-electron chi connectivity index (χ2n) is 7.92. The zero-order chi connectivity index (χ0) is 23.8. The van der Waals surface area contributed by atoms with Gasteiger partial charge in [-0.15, -0.1) is 0 Å². The van der Waals surface area contributed by atoms with Crippen molar-refractivity contribution < 1.29 is 18.7 Å². The number of anilines is 1. The second-order valence-corrected chi connectivity index (χ2v) is 8.35. The Kier molecular flexibility index (Phi) is 5.77. The summed E-state index contributed by atoms with van der Waals surface area (Å²) in [5.41, 5.74) is 3.91. The van der Waals surface area contributed by atoms with Gasteiger partial charge in [0.1, 0.15) is 11.6 Å². The largest absolute Gasteiger partial charge is 0.478 e. The molecule has 1 atom stereocenters. The zero-order valence-electron chi connectivity index (χ0n) is 17.7. The standard InChI is InChI=1S/C25H19ClF2N4O2/c26-15-6-9-17-18(10-15)23(21-19(27)2-1-3-20(21)28)29-11-14-12-30-25(32-22(14)17)31-16-7-4-13(5-8-16)24(33)34/h1-10,25,30-32H,11-12H2,(H,33,34). The number of nitrogens with zero attached hydrogens (tertiary/aromatic N) is 1. The number of hydrogen-bond acceptors (Lipinski definition) is 5. The van der Waals surface area contributed by atoms with Crippen molar-refractivity contribution >= 4 is 34.7 Å². The van der Waals surface area contributed by atoms with Gasteiger partial charge in [-0.25, -0.2) is 13.6 Å². The molecule has 2 heterocycles. The highest BCUT2D eigenvalue weighted by molar-refractivity contribution is 6.31. The average molecular weight is 481 g/mol. The third kappa shape index (κ3) is 4.13. The summed E-state index contributed by atoms with van der Waals surface area (Å²) in [5, 5.41) is 19.5. The molecule has 5 rings (SSSR count). The van der Waals surface area contributed by atoms with E-state index in [1.807, 2.05) is 6.07 Å². The minimum Gasteiger partial charge on any atom is -0.478 e. The van der Waals surface area contributed by atoms with Crippen LogP contribution in [0.15, 0.2) is 71.2 Å². The lowest BCUT2D eigenvalue weighted by Gasteiger charge is -2.31. The minimum atomic E-state index is -0.994. The van der Waals surface area contributed by atoms with Crippen LogP contribution in [0.25, 0.3) is 5.70 Å². The molecule has 6 nitrogen and oxygen atoms in total. The van der Waals surface area contributed by atoms with Crippen molar-refractivity contribution in [2.24, 2.45) is 4.99 Å². The Morgan fingerprint density at radius 3 is 2.50 bits per heavy atom. The van der Waals surface area contributed by atoms with Crippen LogP contribution in [0.1, 0.15) is 27.0 Å². The molecule has 0 aliphatic carbocycles. The summed E-state index contributed by atoms with van der Waals surface area (Å²) >= 11 is 6.26. The first-order valence-electron chi connectivity index (χ1n) is 10.5. The van der Waals surface area contributed by atoms with Crippen molar-refractivity contribution in [1.82, 2.24) is 10.6 Å². The number of rotatable bonds is 4. The maximum atomic E-state index is 14.7. The molecule has 0 saturated carbocycles. The van der Waals surface area contributed by atoms with E-state index in [1.165, 1.54) is 30.3 Å². The van der Waals surface area contributed by atoms with E-state index < -0.39 is 17.6 Å². The van der Waals surface area contributed by atoms with Gasteiger partial charge in [0.25, 0.3) is 0 Å². The van der Waals surface area contributed by atoms with E-state index in [1.54, 1.807) is 24.3 Å². The van der Waals surface area contributed by atoms with E-state index in [0.717, 1.165) is 22.5 Å². The molecule has 4 N–H and O–H groups in total. The Labute approximate surface area is 199 Å². The highest BCUT2D eigenvalue weighted by atomic mass is 35.5. The van der Waals surface area contributed by atoms with Gasteiger partial charge in [0.2, 0.25) is 0 Å². The van der Waals surface area contributed by atoms with Gasteiger partial charge in [0.05, 0.1) is 23.4 Å². The molecule has 2 aliphatic rings. The molecule has 0 saturated heterocycles. The van der Waals surface area contributed by atoms with E-state index >= 15 is 0 Å². The number of benzene rings is 3. The Hall–Kier alpha value is -3.75. The van der Waals surface area contributed by atoms with Crippen molar-refractivity contribution in [3.63, 3.8) is 0 Å². The van der Waals surface area contributed by atoms with Gasteiger partial charge in [-0.1, -0.05) is 23.7 Å². The molecule has 9 heteroatoms. The van der Waals surface area contributed by atoms with E-state index in [9.17, 15) is 13.6 Å². The molecule has 0 bridgehead atoms. The van der Waals surface area contributed by atoms with Crippen LogP contribution in [0.2, 0.25) is 5.02 Å². The number of aromatic carboxylic acids is 1. The number of fused-ring (bicyclic) bond motifs is 2. The van der Waals surface area contributed by atoms with Crippen molar-refractivity contribution in [1.29, 1.82) is 0 Å². The summed E-state index contributed by atoms with van der Waals surface area (Å²) in [5.74, 6) is -2.38.